The van der Waals surface area contributed by atoms with Gasteiger partial charge in [-0.25, -0.2) is 9.97 Å². The lowest BCUT2D eigenvalue weighted by Crippen LogP contribution is -2.38. The fourth-order valence-electron chi connectivity index (χ4n) is 3.49. The summed E-state index contributed by atoms with van der Waals surface area (Å²) in [6, 6.07) is 19.3. The number of hydrogen-bond acceptors (Lipinski definition) is 7. The molecule has 0 saturated carbocycles. The van der Waals surface area contributed by atoms with Crippen LogP contribution in [0.15, 0.2) is 67.0 Å². The Bertz CT molecular complexity index is 938. The number of hydrazine groups is 1. The van der Waals surface area contributed by atoms with Crippen molar-refractivity contribution < 1.29 is 9.53 Å². The molecule has 4 rings (SSSR count). The minimum atomic E-state index is -0.471. The second-order valence-corrected chi connectivity index (χ2v) is 6.93. The largest absolute Gasteiger partial charge is 0.393 e. The van der Waals surface area contributed by atoms with Gasteiger partial charge in [0.15, 0.2) is 11.6 Å². The Hall–Kier alpha value is -3.65. The van der Waals surface area contributed by atoms with Crippen LogP contribution in [0.4, 0.5) is 17.3 Å². The molecule has 1 aliphatic rings. The van der Waals surface area contributed by atoms with Gasteiger partial charge in [-0.3, -0.25) is 15.6 Å². The highest BCUT2D eigenvalue weighted by atomic mass is 16.5. The van der Waals surface area contributed by atoms with Gasteiger partial charge in [-0.15, -0.1) is 0 Å². The molecule has 0 bridgehead atoms. The number of carbonyl (C=O) groups is 1. The molecule has 0 aliphatic carbocycles. The molecule has 2 aromatic carbocycles. The highest BCUT2D eigenvalue weighted by molar-refractivity contribution is 5.88. The summed E-state index contributed by atoms with van der Waals surface area (Å²) in [5.74, 6) is 0.312. The molecule has 0 atom stereocenters. The minimum absolute atomic E-state index is 0.210. The molecule has 8 nitrogen and oxygen atoms in total. The van der Waals surface area contributed by atoms with Crippen molar-refractivity contribution in [2.24, 2.45) is 0 Å². The number of nitrogens with one attached hydrogen (secondary N) is 2. The Morgan fingerprint density at radius 2 is 1.57 bits per heavy atom. The molecule has 1 aromatic heterocycles. The minimum Gasteiger partial charge on any atom is -0.393 e. The zero-order chi connectivity index (χ0) is 20.8. The van der Waals surface area contributed by atoms with Crippen LogP contribution >= 0.6 is 0 Å². The molecule has 0 radical (unpaired) electrons. The van der Waals surface area contributed by atoms with E-state index in [-0.39, 0.29) is 5.91 Å². The van der Waals surface area contributed by atoms with Crippen molar-refractivity contribution in [3.8, 4) is 0 Å². The summed E-state index contributed by atoms with van der Waals surface area (Å²) in [6.07, 6.45) is 1.43. The van der Waals surface area contributed by atoms with Gasteiger partial charge in [0.05, 0.1) is 19.1 Å². The maximum Gasteiger partial charge on any atom is 0.250 e. The van der Waals surface area contributed by atoms with Crippen LogP contribution in [0.2, 0.25) is 0 Å². The molecular formula is C22H24N6O2. The van der Waals surface area contributed by atoms with Crippen LogP contribution in [0.5, 0.6) is 0 Å². The molecule has 3 aromatic rings. The first-order valence-electron chi connectivity index (χ1n) is 9.83. The van der Waals surface area contributed by atoms with Crippen LogP contribution in [-0.4, -0.2) is 42.2 Å². The summed E-state index contributed by atoms with van der Waals surface area (Å²) in [7, 11) is 0. The fraction of sp³-hybridized carbons (Fsp3) is 0.227. The quantitative estimate of drug-likeness (QED) is 0.541. The lowest BCUT2D eigenvalue weighted by Gasteiger charge is -2.29. The summed E-state index contributed by atoms with van der Waals surface area (Å²) >= 11 is 0. The normalized spacial score (nSPS) is 13.8. The molecule has 30 heavy (non-hydrogen) atoms. The number of rotatable bonds is 6. The number of ether oxygens (including phenoxy) is 1. The Morgan fingerprint density at radius 1 is 0.967 bits per heavy atom. The van der Waals surface area contributed by atoms with Crippen LogP contribution < -0.4 is 21.5 Å². The molecule has 1 saturated heterocycles. The van der Waals surface area contributed by atoms with E-state index in [4.69, 9.17) is 10.5 Å². The van der Waals surface area contributed by atoms with Gasteiger partial charge in [0, 0.05) is 13.1 Å². The zero-order valence-electron chi connectivity index (χ0n) is 16.5. The van der Waals surface area contributed by atoms with Gasteiger partial charge >= 0.3 is 0 Å². The van der Waals surface area contributed by atoms with Crippen molar-refractivity contribution in [1.29, 1.82) is 0 Å². The second kappa shape index (κ2) is 9.23. The molecule has 154 valence electrons. The molecule has 1 fully saturated rings. The van der Waals surface area contributed by atoms with Crippen LogP contribution in [0, 0.1) is 0 Å². The number of nitrogens with two attached hydrogens (primary N) is 1. The standard InChI is InChI=1S/C22H24N6O2/c23-19-20(24-15-25-21(19)28-11-13-30-14-12-28)26-27-22(29)18(16-7-3-1-4-8-16)17-9-5-2-6-10-17/h1-10,15,18H,11-14,23H2,(H,27,29)(H,24,25,26). The number of carbonyl (C=O) groups excluding carboxylic acids is 1. The van der Waals surface area contributed by atoms with E-state index >= 15 is 0 Å². The van der Waals surface area contributed by atoms with Gasteiger partial charge in [0.25, 0.3) is 0 Å². The number of amides is 1. The molecule has 0 unspecified atom stereocenters. The van der Waals surface area contributed by atoms with E-state index in [0.29, 0.717) is 43.6 Å². The Balaban J connectivity index is 1.53. The third-order valence-corrected chi connectivity index (χ3v) is 5.01. The highest BCUT2D eigenvalue weighted by Gasteiger charge is 2.23. The highest BCUT2D eigenvalue weighted by Crippen LogP contribution is 2.27. The van der Waals surface area contributed by atoms with Crippen molar-refractivity contribution in [3.05, 3.63) is 78.1 Å². The van der Waals surface area contributed by atoms with Crippen LogP contribution in [-0.2, 0) is 9.53 Å². The Labute approximate surface area is 175 Å². The molecule has 1 aliphatic heterocycles. The van der Waals surface area contributed by atoms with Crippen LogP contribution in [0.1, 0.15) is 17.0 Å². The smallest absolute Gasteiger partial charge is 0.250 e. The van der Waals surface area contributed by atoms with Gasteiger partial charge in [0.2, 0.25) is 5.91 Å². The molecular weight excluding hydrogens is 380 g/mol. The first-order chi connectivity index (χ1) is 14.7. The fourth-order valence-corrected chi connectivity index (χ4v) is 3.49. The van der Waals surface area contributed by atoms with Gasteiger partial charge in [-0.2, -0.15) is 0 Å². The second-order valence-electron chi connectivity index (χ2n) is 6.93. The SMILES string of the molecule is Nc1c(NNC(=O)C(c2ccccc2)c2ccccc2)ncnc1N1CCOCC1. The van der Waals surface area contributed by atoms with Gasteiger partial charge < -0.3 is 15.4 Å². The predicted octanol–water partition coefficient (Wildman–Crippen LogP) is 2.17. The van der Waals surface area contributed by atoms with Gasteiger partial charge in [-0.05, 0) is 11.1 Å². The number of aromatic nitrogens is 2. The van der Waals surface area contributed by atoms with E-state index in [2.05, 4.69) is 20.8 Å². The van der Waals surface area contributed by atoms with Crippen LogP contribution in [0.3, 0.4) is 0 Å². The number of hydrogen-bond donors (Lipinski definition) is 3. The summed E-state index contributed by atoms with van der Waals surface area (Å²) in [4.78, 5) is 23.7. The third kappa shape index (κ3) is 4.33. The van der Waals surface area contributed by atoms with E-state index < -0.39 is 5.92 Å². The summed E-state index contributed by atoms with van der Waals surface area (Å²) in [5.41, 5.74) is 14.1. The van der Waals surface area contributed by atoms with E-state index in [1.54, 1.807) is 0 Å². The van der Waals surface area contributed by atoms with E-state index in [1.807, 2.05) is 65.6 Å². The summed E-state index contributed by atoms with van der Waals surface area (Å²) in [6.45, 7) is 2.66. The predicted molar refractivity (Wildman–Crippen MR) is 116 cm³/mol. The monoisotopic (exact) mass is 404 g/mol. The van der Waals surface area contributed by atoms with E-state index in [0.717, 1.165) is 11.1 Å². The number of morpholine rings is 1. The third-order valence-electron chi connectivity index (χ3n) is 5.01. The number of nitrogens with zero attached hydrogens (tertiary/aromatic N) is 3. The average Bonchev–Trinajstić information content (AvgIpc) is 2.80. The van der Waals surface area contributed by atoms with Crippen molar-refractivity contribution in [2.45, 2.75) is 5.92 Å². The topological polar surface area (TPSA) is 105 Å². The van der Waals surface area contributed by atoms with Gasteiger partial charge in [-0.1, -0.05) is 60.7 Å². The number of benzene rings is 2. The lowest BCUT2D eigenvalue weighted by molar-refractivity contribution is -0.121. The average molecular weight is 404 g/mol. The maximum absolute atomic E-state index is 13.1. The number of anilines is 3. The molecule has 0 spiro atoms. The molecule has 1 amide bonds. The van der Waals surface area contributed by atoms with E-state index in [9.17, 15) is 4.79 Å². The van der Waals surface area contributed by atoms with Crippen LogP contribution in [0.25, 0.3) is 0 Å². The molecule has 2 heterocycles. The van der Waals surface area contributed by atoms with Crippen molar-refractivity contribution in [3.63, 3.8) is 0 Å². The Morgan fingerprint density at radius 3 is 2.17 bits per heavy atom. The van der Waals surface area contributed by atoms with Crippen molar-refractivity contribution >= 4 is 23.2 Å². The first kappa shape index (κ1) is 19.7. The van der Waals surface area contributed by atoms with E-state index in [1.165, 1.54) is 6.33 Å². The summed E-state index contributed by atoms with van der Waals surface area (Å²) < 4.78 is 5.38. The van der Waals surface area contributed by atoms with Gasteiger partial charge in [0.1, 0.15) is 12.0 Å². The first-order valence-corrected chi connectivity index (χ1v) is 9.83. The Kier molecular flexibility index (Phi) is 6.05. The molecule has 4 N–H and O–H groups in total. The molecule has 8 heteroatoms. The lowest BCUT2D eigenvalue weighted by atomic mass is 9.91. The summed E-state index contributed by atoms with van der Waals surface area (Å²) in [5, 5.41) is 0. The maximum atomic E-state index is 13.1. The number of nitrogen functional groups attached to an aromatic ring is 1. The zero-order valence-corrected chi connectivity index (χ0v) is 16.5. The van der Waals surface area contributed by atoms with Crippen molar-refractivity contribution in [2.75, 3.05) is 42.4 Å². The van der Waals surface area contributed by atoms with Crippen molar-refractivity contribution in [1.82, 2.24) is 15.4 Å².